The Morgan fingerprint density at radius 1 is 1.27 bits per heavy atom. The minimum absolute atomic E-state index is 0.0719. The maximum absolute atomic E-state index is 12.4. The van der Waals surface area contributed by atoms with E-state index in [9.17, 15) is 13.2 Å². The summed E-state index contributed by atoms with van der Waals surface area (Å²) in [5.74, 6) is -0.704. The molecule has 0 atom stereocenters. The van der Waals surface area contributed by atoms with Gasteiger partial charge in [0.05, 0.1) is 18.1 Å². The second-order valence-corrected chi connectivity index (χ2v) is 6.31. The van der Waals surface area contributed by atoms with Gasteiger partial charge < -0.3 is 10.1 Å². The van der Waals surface area contributed by atoms with Crippen molar-refractivity contribution in [3.05, 3.63) is 35.0 Å². The molecule has 0 bridgehead atoms. The Kier molecular flexibility index (Phi) is 3.54. The number of rotatable bonds is 4. The smallest absolute Gasteiger partial charge is 0.275 e. The second-order valence-electron chi connectivity index (χ2n) is 4.63. The van der Waals surface area contributed by atoms with Gasteiger partial charge >= 0.3 is 0 Å². The van der Waals surface area contributed by atoms with Crippen LogP contribution < -0.4 is 10.0 Å². The number of ether oxygens (including phenoxy) is 1. The van der Waals surface area contributed by atoms with Gasteiger partial charge in [-0.05, 0) is 23.3 Å². The summed E-state index contributed by atoms with van der Waals surface area (Å²) in [6.45, 7) is 0.860. The predicted molar refractivity (Wildman–Crippen MR) is 75.5 cm³/mol. The number of hydrogen-bond donors (Lipinski definition) is 3. The normalized spacial score (nSPS) is 13.7. The zero-order valence-corrected chi connectivity index (χ0v) is 12.4. The molecule has 2 aromatic rings. The fourth-order valence-electron chi connectivity index (χ4n) is 2.08. The summed E-state index contributed by atoms with van der Waals surface area (Å²) in [5, 5.41) is 11.9. The monoisotopic (exact) mass is 323 g/mol. The number of nitrogens with zero attached hydrogens (tertiary/aromatic N) is 2. The van der Waals surface area contributed by atoms with E-state index < -0.39 is 15.9 Å². The molecule has 2 heterocycles. The molecule has 0 spiro atoms. The first kappa shape index (κ1) is 14.5. The van der Waals surface area contributed by atoms with Gasteiger partial charge in [-0.25, -0.2) is 8.42 Å². The van der Waals surface area contributed by atoms with Crippen molar-refractivity contribution in [3.63, 3.8) is 0 Å². The van der Waals surface area contributed by atoms with E-state index >= 15 is 0 Å². The first-order chi connectivity index (χ1) is 10.5. The van der Waals surface area contributed by atoms with Crippen molar-refractivity contribution in [2.24, 2.45) is 0 Å². The molecule has 3 N–H and O–H groups in total. The lowest BCUT2D eigenvalue weighted by Crippen LogP contribution is -2.22. The van der Waals surface area contributed by atoms with Gasteiger partial charge in [-0.2, -0.15) is 5.21 Å². The summed E-state index contributed by atoms with van der Waals surface area (Å²) in [7, 11) is -2.46. The van der Waals surface area contributed by atoms with Crippen molar-refractivity contribution in [1.82, 2.24) is 20.7 Å². The molecule has 116 valence electrons. The minimum atomic E-state index is -3.88. The molecule has 1 aliphatic heterocycles. The summed E-state index contributed by atoms with van der Waals surface area (Å²) in [6, 6.07) is 4.74. The number of H-pyrrole nitrogens is 1. The van der Waals surface area contributed by atoms with E-state index in [1.807, 2.05) is 0 Å². The number of sulfonamides is 1. The Bertz CT molecular complexity index is 830. The van der Waals surface area contributed by atoms with Crippen LogP contribution in [0.25, 0.3) is 0 Å². The molecule has 0 aliphatic carbocycles. The zero-order valence-electron chi connectivity index (χ0n) is 11.6. The van der Waals surface area contributed by atoms with Gasteiger partial charge in [0.2, 0.25) is 0 Å². The SMILES string of the molecule is CNC(=O)c1n[nH]nc1NS(=O)(=O)c1ccc2c(c1)COC2. The topological polar surface area (TPSA) is 126 Å². The molecule has 0 saturated heterocycles. The van der Waals surface area contributed by atoms with Crippen LogP contribution in [-0.2, 0) is 28.0 Å². The van der Waals surface area contributed by atoms with Crippen LogP contribution in [-0.4, -0.2) is 36.8 Å². The standard InChI is InChI=1S/C12H13N5O4S/c1-13-12(18)10-11(15-17-14-10)16-22(19,20)9-3-2-7-5-21-6-8(7)4-9/h2-4H,5-6H2,1H3,(H,13,18)(H2,14,15,16,17). The first-order valence-electron chi connectivity index (χ1n) is 6.36. The number of amides is 1. The van der Waals surface area contributed by atoms with E-state index in [0.717, 1.165) is 11.1 Å². The number of nitrogens with one attached hydrogen (secondary N) is 3. The van der Waals surface area contributed by atoms with Crippen LogP contribution in [0.5, 0.6) is 0 Å². The van der Waals surface area contributed by atoms with Crippen molar-refractivity contribution in [2.75, 3.05) is 11.8 Å². The predicted octanol–water partition coefficient (Wildman–Crippen LogP) is -0.00470. The number of anilines is 1. The highest BCUT2D eigenvalue weighted by molar-refractivity contribution is 7.92. The molecule has 0 radical (unpaired) electrons. The summed E-state index contributed by atoms with van der Waals surface area (Å²) in [4.78, 5) is 11.7. The fraction of sp³-hybridized carbons (Fsp3) is 0.250. The minimum Gasteiger partial charge on any atom is -0.372 e. The van der Waals surface area contributed by atoms with E-state index in [4.69, 9.17) is 4.74 Å². The van der Waals surface area contributed by atoms with E-state index in [0.29, 0.717) is 13.2 Å². The first-order valence-corrected chi connectivity index (χ1v) is 7.85. The van der Waals surface area contributed by atoms with Crippen LogP contribution in [0.2, 0.25) is 0 Å². The Balaban J connectivity index is 1.91. The lowest BCUT2D eigenvalue weighted by atomic mass is 10.1. The number of carbonyl (C=O) groups excluding carboxylic acids is 1. The molecule has 22 heavy (non-hydrogen) atoms. The molecule has 0 fully saturated rings. The van der Waals surface area contributed by atoms with Gasteiger partial charge in [0, 0.05) is 7.05 Å². The summed E-state index contributed by atoms with van der Waals surface area (Å²) in [6.07, 6.45) is 0. The van der Waals surface area contributed by atoms with Crippen molar-refractivity contribution in [1.29, 1.82) is 0 Å². The molecule has 3 rings (SSSR count). The lowest BCUT2D eigenvalue weighted by molar-refractivity contribution is 0.0959. The molecule has 1 aliphatic rings. The van der Waals surface area contributed by atoms with Crippen LogP contribution in [0.4, 0.5) is 5.82 Å². The molecular weight excluding hydrogens is 310 g/mol. The fourth-order valence-corrected chi connectivity index (χ4v) is 3.14. The number of carbonyl (C=O) groups is 1. The second kappa shape index (κ2) is 5.39. The maximum Gasteiger partial charge on any atom is 0.275 e. The number of hydrogen-bond acceptors (Lipinski definition) is 6. The molecule has 1 aromatic carbocycles. The average molecular weight is 323 g/mol. The third kappa shape index (κ3) is 2.53. The number of aromatic nitrogens is 3. The summed E-state index contributed by atoms with van der Waals surface area (Å²) in [5.41, 5.74) is 1.66. The molecule has 0 saturated carbocycles. The van der Waals surface area contributed by atoms with Crippen LogP contribution in [0, 0.1) is 0 Å². The highest BCUT2D eigenvalue weighted by Crippen LogP contribution is 2.24. The molecule has 10 heteroatoms. The van der Waals surface area contributed by atoms with E-state index in [-0.39, 0.29) is 16.4 Å². The van der Waals surface area contributed by atoms with Crippen LogP contribution in [0.15, 0.2) is 23.1 Å². The highest BCUT2D eigenvalue weighted by Gasteiger charge is 2.23. The van der Waals surface area contributed by atoms with Gasteiger partial charge in [-0.3, -0.25) is 9.52 Å². The van der Waals surface area contributed by atoms with Crippen molar-refractivity contribution < 1.29 is 17.9 Å². The van der Waals surface area contributed by atoms with E-state index in [1.54, 1.807) is 12.1 Å². The van der Waals surface area contributed by atoms with Gasteiger partial charge in [0.15, 0.2) is 11.5 Å². The lowest BCUT2D eigenvalue weighted by Gasteiger charge is -2.07. The number of fused-ring (bicyclic) bond motifs is 1. The van der Waals surface area contributed by atoms with Crippen molar-refractivity contribution in [2.45, 2.75) is 18.1 Å². The van der Waals surface area contributed by atoms with Gasteiger partial charge in [-0.15, -0.1) is 10.2 Å². The van der Waals surface area contributed by atoms with Crippen LogP contribution in [0.1, 0.15) is 21.6 Å². The number of benzene rings is 1. The van der Waals surface area contributed by atoms with Crippen LogP contribution in [0.3, 0.4) is 0 Å². The Morgan fingerprint density at radius 3 is 2.82 bits per heavy atom. The van der Waals surface area contributed by atoms with Gasteiger partial charge in [-0.1, -0.05) is 6.07 Å². The molecular formula is C12H13N5O4S. The molecule has 9 nitrogen and oxygen atoms in total. The highest BCUT2D eigenvalue weighted by atomic mass is 32.2. The van der Waals surface area contributed by atoms with E-state index in [2.05, 4.69) is 25.4 Å². The molecule has 1 aromatic heterocycles. The zero-order chi connectivity index (χ0) is 15.7. The van der Waals surface area contributed by atoms with Crippen molar-refractivity contribution >= 4 is 21.7 Å². The molecule has 0 unspecified atom stereocenters. The van der Waals surface area contributed by atoms with Gasteiger partial charge in [0.25, 0.3) is 15.9 Å². The largest absolute Gasteiger partial charge is 0.372 e. The quantitative estimate of drug-likeness (QED) is 0.727. The van der Waals surface area contributed by atoms with Crippen molar-refractivity contribution in [3.8, 4) is 0 Å². The third-order valence-electron chi connectivity index (χ3n) is 3.22. The molecule has 1 amide bonds. The third-order valence-corrected chi connectivity index (χ3v) is 4.56. The maximum atomic E-state index is 12.4. The Labute approximate surface area is 126 Å². The summed E-state index contributed by atoms with van der Waals surface area (Å²) >= 11 is 0. The average Bonchev–Trinajstić information content (AvgIpc) is 3.13. The Hall–Kier alpha value is -2.46. The van der Waals surface area contributed by atoms with Gasteiger partial charge in [0.1, 0.15) is 0 Å². The van der Waals surface area contributed by atoms with Crippen LogP contribution >= 0.6 is 0 Å². The van der Waals surface area contributed by atoms with E-state index in [1.165, 1.54) is 13.1 Å². The Morgan fingerprint density at radius 2 is 2.05 bits per heavy atom. The summed E-state index contributed by atoms with van der Waals surface area (Å²) < 4.78 is 32.3. The number of aromatic amines is 1.